The van der Waals surface area contributed by atoms with Crippen molar-refractivity contribution in [2.75, 3.05) is 23.0 Å². The normalized spacial score (nSPS) is 12.2. The molecule has 0 heterocycles. The van der Waals surface area contributed by atoms with Gasteiger partial charge in [-0.1, -0.05) is 24.3 Å². The van der Waals surface area contributed by atoms with Gasteiger partial charge in [-0.3, -0.25) is 0 Å². The van der Waals surface area contributed by atoms with Crippen LogP contribution in [-0.4, -0.2) is 28.3 Å². The smallest absolute Gasteiger partial charge is 0.181 e. The van der Waals surface area contributed by atoms with E-state index >= 15 is 0 Å². The Labute approximate surface area is 129 Å². The molecule has 2 rings (SSSR count). The van der Waals surface area contributed by atoms with Crippen molar-refractivity contribution in [2.24, 2.45) is 0 Å². The molecule has 0 aliphatic rings. The van der Waals surface area contributed by atoms with Crippen LogP contribution in [0.4, 0.5) is 11.4 Å². The lowest BCUT2D eigenvalue weighted by Gasteiger charge is -2.09. The lowest BCUT2D eigenvalue weighted by molar-refractivity contribution is 0.588. The van der Waals surface area contributed by atoms with Crippen molar-refractivity contribution in [1.29, 1.82) is 0 Å². The Hall–Kier alpha value is -2.06. The van der Waals surface area contributed by atoms with E-state index in [0.29, 0.717) is 0 Å². The number of hydrogen-bond acceptors (Lipinski definition) is 6. The molecular formula is C14H16N2O4S2. The average Bonchev–Trinajstić information content (AvgIpc) is 2.46. The van der Waals surface area contributed by atoms with Crippen molar-refractivity contribution < 1.29 is 16.8 Å². The fraction of sp³-hybridized carbons (Fsp3) is 0.143. The fourth-order valence-electron chi connectivity index (χ4n) is 1.97. The highest BCUT2D eigenvalue weighted by Crippen LogP contribution is 2.22. The van der Waals surface area contributed by atoms with Crippen LogP contribution in [0.5, 0.6) is 0 Å². The Balaban J connectivity index is 2.26. The maximum Gasteiger partial charge on any atom is 0.181 e. The van der Waals surface area contributed by atoms with Gasteiger partial charge in [0.25, 0.3) is 0 Å². The summed E-state index contributed by atoms with van der Waals surface area (Å²) in [7, 11) is -7.58. The van der Waals surface area contributed by atoms with Crippen LogP contribution in [0.3, 0.4) is 0 Å². The SMILES string of the molecule is Nc1ccccc1S(=O)(=O)CCS(=O)(=O)c1ccccc1N. The van der Waals surface area contributed by atoms with E-state index in [1.165, 1.54) is 36.4 Å². The fourth-order valence-corrected chi connectivity index (χ4v) is 5.59. The third-order valence-corrected chi connectivity index (χ3v) is 6.95. The maximum absolute atomic E-state index is 12.2. The molecule has 118 valence electrons. The first-order valence-corrected chi connectivity index (χ1v) is 9.69. The van der Waals surface area contributed by atoms with Crippen molar-refractivity contribution in [1.82, 2.24) is 0 Å². The highest BCUT2D eigenvalue weighted by atomic mass is 32.2. The van der Waals surface area contributed by atoms with Crippen LogP contribution in [0.1, 0.15) is 0 Å². The minimum atomic E-state index is -3.79. The van der Waals surface area contributed by atoms with Crippen LogP contribution in [0.25, 0.3) is 0 Å². The van der Waals surface area contributed by atoms with Crippen LogP contribution in [0.2, 0.25) is 0 Å². The van der Waals surface area contributed by atoms with Crippen molar-refractivity contribution in [3.8, 4) is 0 Å². The molecule has 0 amide bonds. The molecule has 8 heteroatoms. The predicted octanol–water partition coefficient (Wildman–Crippen LogP) is 1.10. The van der Waals surface area contributed by atoms with E-state index in [-0.39, 0.29) is 21.2 Å². The molecule has 2 aromatic carbocycles. The Morgan fingerprint density at radius 2 is 0.955 bits per heavy atom. The molecule has 22 heavy (non-hydrogen) atoms. The van der Waals surface area contributed by atoms with Crippen LogP contribution < -0.4 is 11.5 Å². The highest BCUT2D eigenvalue weighted by Gasteiger charge is 2.24. The second-order valence-electron chi connectivity index (χ2n) is 4.71. The summed E-state index contributed by atoms with van der Waals surface area (Å²) >= 11 is 0. The van der Waals surface area contributed by atoms with Crippen molar-refractivity contribution in [2.45, 2.75) is 9.79 Å². The van der Waals surface area contributed by atoms with E-state index in [9.17, 15) is 16.8 Å². The van der Waals surface area contributed by atoms with Gasteiger partial charge in [-0.15, -0.1) is 0 Å². The molecule has 0 aliphatic heterocycles. The number of sulfone groups is 2. The highest BCUT2D eigenvalue weighted by molar-refractivity contribution is 7.95. The second-order valence-corrected chi connectivity index (χ2v) is 8.87. The van der Waals surface area contributed by atoms with Crippen LogP contribution in [0.15, 0.2) is 58.3 Å². The van der Waals surface area contributed by atoms with E-state index in [0.717, 1.165) is 0 Å². The molecule has 0 bridgehead atoms. The number of anilines is 2. The summed E-state index contributed by atoms with van der Waals surface area (Å²) in [4.78, 5) is -0.127. The van der Waals surface area contributed by atoms with Gasteiger partial charge in [0, 0.05) is 0 Å². The first-order chi connectivity index (χ1) is 10.2. The zero-order valence-electron chi connectivity index (χ0n) is 11.6. The van der Waals surface area contributed by atoms with Gasteiger partial charge in [0.1, 0.15) is 0 Å². The Bertz CT molecular complexity index is 815. The van der Waals surface area contributed by atoms with Crippen LogP contribution >= 0.6 is 0 Å². The third-order valence-electron chi connectivity index (χ3n) is 3.13. The van der Waals surface area contributed by atoms with Gasteiger partial charge in [0.2, 0.25) is 0 Å². The molecular weight excluding hydrogens is 324 g/mol. The Kier molecular flexibility index (Phi) is 4.43. The summed E-state index contributed by atoms with van der Waals surface area (Å²) in [5, 5.41) is 0. The lowest BCUT2D eigenvalue weighted by Crippen LogP contribution is -2.19. The van der Waals surface area contributed by atoms with Crippen LogP contribution in [0, 0.1) is 0 Å². The Morgan fingerprint density at radius 3 is 1.27 bits per heavy atom. The standard InChI is InChI=1S/C14H16N2O4S2/c15-11-5-1-3-7-13(11)21(17,18)9-10-22(19,20)14-8-4-2-6-12(14)16/h1-8H,9-10,15-16H2. The molecule has 0 aromatic heterocycles. The average molecular weight is 340 g/mol. The van der Waals surface area contributed by atoms with Crippen LogP contribution in [-0.2, 0) is 19.7 Å². The minimum Gasteiger partial charge on any atom is -0.398 e. The second kappa shape index (κ2) is 5.98. The molecule has 2 aromatic rings. The number of hydrogen-bond donors (Lipinski definition) is 2. The zero-order valence-corrected chi connectivity index (χ0v) is 13.3. The van der Waals surface area contributed by atoms with E-state index in [4.69, 9.17) is 11.5 Å². The van der Waals surface area contributed by atoms with Gasteiger partial charge in [-0.05, 0) is 24.3 Å². The van der Waals surface area contributed by atoms with E-state index in [2.05, 4.69) is 0 Å². The number of rotatable bonds is 5. The summed E-state index contributed by atoms with van der Waals surface area (Å²) in [6.45, 7) is 0. The summed E-state index contributed by atoms with van der Waals surface area (Å²) in [5.41, 5.74) is 11.5. The number of para-hydroxylation sites is 2. The van der Waals surface area contributed by atoms with Crippen molar-refractivity contribution >= 4 is 31.0 Å². The summed E-state index contributed by atoms with van der Waals surface area (Å²) in [5.74, 6) is -1.12. The first kappa shape index (κ1) is 16.3. The van der Waals surface area contributed by atoms with E-state index < -0.39 is 31.2 Å². The minimum absolute atomic E-state index is 0.0637. The monoisotopic (exact) mass is 340 g/mol. The molecule has 4 N–H and O–H groups in total. The van der Waals surface area contributed by atoms with Gasteiger partial charge in [-0.25, -0.2) is 16.8 Å². The molecule has 0 atom stereocenters. The first-order valence-electron chi connectivity index (χ1n) is 6.38. The number of nitrogens with two attached hydrogens (primary N) is 2. The molecule has 0 saturated heterocycles. The molecule has 6 nitrogen and oxygen atoms in total. The van der Waals surface area contributed by atoms with Gasteiger partial charge >= 0.3 is 0 Å². The van der Waals surface area contributed by atoms with E-state index in [1.807, 2.05) is 0 Å². The summed E-state index contributed by atoms with van der Waals surface area (Å²) in [6, 6.07) is 11.9. The van der Waals surface area contributed by atoms with Gasteiger partial charge in [0.15, 0.2) is 19.7 Å². The van der Waals surface area contributed by atoms with E-state index in [1.54, 1.807) is 12.1 Å². The summed E-state index contributed by atoms with van der Waals surface area (Å²) < 4.78 is 49.0. The third kappa shape index (κ3) is 3.40. The molecule has 0 radical (unpaired) electrons. The van der Waals surface area contributed by atoms with Gasteiger partial charge in [-0.2, -0.15) is 0 Å². The summed E-state index contributed by atoms with van der Waals surface area (Å²) in [6.07, 6.45) is 0. The molecule has 0 fully saturated rings. The Morgan fingerprint density at radius 1 is 0.636 bits per heavy atom. The predicted molar refractivity (Wildman–Crippen MR) is 85.8 cm³/mol. The molecule has 0 spiro atoms. The molecule has 0 saturated carbocycles. The topological polar surface area (TPSA) is 120 Å². The van der Waals surface area contributed by atoms with Gasteiger partial charge < -0.3 is 11.5 Å². The molecule has 0 unspecified atom stereocenters. The molecule has 0 aliphatic carbocycles. The van der Waals surface area contributed by atoms with Crippen molar-refractivity contribution in [3.05, 3.63) is 48.5 Å². The zero-order chi connectivity index (χ0) is 16.4. The van der Waals surface area contributed by atoms with Crippen molar-refractivity contribution in [3.63, 3.8) is 0 Å². The number of benzene rings is 2. The lowest BCUT2D eigenvalue weighted by atomic mass is 10.3. The van der Waals surface area contributed by atoms with Gasteiger partial charge in [0.05, 0.1) is 32.7 Å². The maximum atomic E-state index is 12.2. The number of nitrogen functional groups attached to an aromatic ring is 2. The largest absolute Gasteiger partial charge is 0.398 e. The quantitative estimate of drug-likeness (QED) is 0.786.